The molecule has 1 saturated carbocycles. The number of hydrogen-bond donors (Lipinski definition) is 1. The highest BCUT2D eigenvalue weighted by Gasteiger charge is 2.32. The molecule has 1 aliphatic carbocycles. The second-order valence-electron chi connectivity index (χ2n) is 8.29. The first-order chi connectivity index (χ1) is 14.9. The Labute approximate surface area is 191 Å². The third-order valence-corrected chi connectivity index (χ3v) is 8.49. The minimum Gasteiger partial charge on any atom is -0.384 e. The Kier molecular flexibility index (Phi) is 8.53. The molecule has 0 atom stereocenters. The molecule has 0 amide bonds. The average Bonchev–Trinajstić information content (AvgIpc) is 2.78. The molecule has 170 valence electrons. The van der Waals surface area contributed by atoms with Crippen molar-refractivity contribution < 1.29 is 13.2 Å². The lowest BCUT2D eigenvalue weighted by molar-refractivity contribution is 0.202. The third kappa shape index (κ3) is 5.88. The van der Waals surface area contributed by atoms with Crippen molar-refractivity contribution in [2.45, 2.75) is 55.5 Å². The maximum absolute atomic E-state index is 13.0. The summed E-state index contributed by atoms with van der Waals surface area (Å²) in [6, 6.07) is 13.2. The van der Waals surface area contributed by atoms with Gasteiger partial charge in [0.05, 0.1) is 11.5 Å². The van der Waals surface area contributed by atoms with Gasteiger partial charge in [0, 0.05) is 31.8 Å². The second-order valence-corrected chi connectivity index (χ2v) is 10.7. The van der Waals surface area contributed by atoms with Crippen LogP contribution >= 0.6 is 11.6 Å². The Bertz CT molecular complexity index is 955. The summed E-state index contributed by atoms with van der Waals surface area (Å²) in [6.45, 7) is 1.55. The fourth-order valence-corrected chi connectivity index (χ4v) is 6.04. The summed E-state index contributed by atoms with van der Waals surface area (Å²) in [6.07, 6.45) is 4.60. The average molecular weight is 465 g/mol. The van der Waals surface area contributed by atoms with E-state index in [9.17, 15) is 8.42 Å². The van der Waals surface area contributed by atoms with Crippen LogP contribution in [-0.2, 0) is 27.7 Å². The van der Waals surface area contributed by atoms with E-state index in [1.54, 1.807) is 42.7 Å². The van der Waals surface area contributed by atoms with Crippen molar-refractivity contribution in [2.75, 3.05) is 27.8 Å². The van der Waals surface area contributed by atoms with Gasteiger partial charge in [0.2, 0.25) is 10.0 Å². The number of rotatable bonds is 9. The van der Waals surface area contributed by atoms with Crippen molar-refractivity contribution in [3.63, 3.8) is 0 Å². The highest BCUT2D eigenvalue weighted by atomic mass is 35.5. The van der Waals surface area contributed by atoms with Crippen molar-refractivity contribution in [3.05, 3.63) is 64.2 Å². The number of sulfonamides is 1. The summed E-state index contributed by atoms with van der Waals surface area (Å²) in [5, 5.41) is 3.82. The number of halogens is 1. The minimum absolute atomic E-state index is 0.0191. The Hall–Kier alpha value is -1.44. The molecule has 31 heavy (non-hydrogen) atoms. The lowest BCUT2D eigenvalue weighted by Gasteiger charge is -2.35. The molecule has 0 aromatic heterocycles. The van der Waals surface area contributed by atoms with Gasteiger partial charge in [0.25, 0.3) is 0 Å². The number of nitrogens with one attached hydrogen (secondary N) is 1. The quantitative estimate of drug-likeness (QED) is 0.589. The highest BCUT2D eigenvalue weighted by molar-refractivity contribution is 7.89. The fourth-order valence-electron chi connectivity index (χ4n) is 4.50. The van der Waals surface area contributed by atoms with Crippen molar-refractivity contribution >= 4 is 21.6 Å². The minimum atomic E-state index is -3.52. The molecule has 7 heteroatoms. The van der Waals surface area contributed by atoms with Crippen LogP contribution in [0.1, 0.15) is 48.3 Å². The zero-order valence-corrected chi connectivity index (χ0v) is 20.2. The van der Waals surface area contributed by atoms with E-state index in [1.807, 2.05) is 7.05 Å². The summed E-state index contributed by atoms with van der Waals surface area (Å²) in [5.41, 5.74) is 4.01. The molecule has 3 rings (SSSR count). The van der Waals surface area contributed by atoms with Crippen LogP contribution < -0.4 is 5.32 Å². The molecule has 2 aromatic rings. The smallest absolute Gasteiger partial charge is 0.243 e. The van der Waals surface area contributed by atoms with E-state index in [0.29, 0.717) is 15.8 Å². The van der Waals surface area contributed by atoms with Crippen LogP contribution in [0.15, 0.2) is 47.4 Å². The van der Waals surface area contributed by atoms with Crippen LogP contribution in [0.25, 0.3) is 0 Å². The highest BCUT2D eigenvalue weighted by Crippen LogP contribution is 2.37. The molecule has 0 radical (unpaired) electrons. The molecule has 0 aliphatic heterocycles. The van der Waals surface area contributed by atoms with Crippen LogP contribution in [-0.4, -0.2) is 46.6 Å². The number of benzene rings is 2. The number of nitrogens with zero attached hydrogens (tertiary/aromatic N) is 1. The van der Waals surface area contributed by atoms with Gasteiger partial charge in [0.1, 0.15) is 0 Å². The van der Waals surface area contributed by atoms with Crippen LogP contribution in [0.5, 0.6) is 0 Å². The van der Waals surface area contributed by atoms with E-state index in [0.717, 1.165) is 45.3 Å². The van der Waals surface area contributed by atoms with Gasteiger partial charge in [-0.1, -0.05) is 29.8 Å². The zero-order valence-electron chi connectivity index (χ0n) is 18.6. The van der Waals surface area contributed by atoms with Crippen molar-refractivity contribution in [1.29, 1.82) is 0 Å². The standard InChI is InChI=1S/C24H33ClN2O3S/c1-26-17-20-16-18(14-15-30-3)4-13-24(20)19-5-9-22(10-6-19)27(2)31(28,29)23-11-7-21(25)8-12-23/h4,7-8,11-13,16,19,22,26H,5-6,9-10,14-15,17H2,1-3H3/t19-,22-. The van der Waals surface area contributed by atoms with Gasteiger partial charge in [-0.3, -0.25) is 0 Å². The first-order valence-electron chi connectivity index (χ1n) is 10.9. The maximum atomic E-state index is 13.0. The van der Waals surface area contributed by atoms with Crippen LogP contribution in [0.4, 0.5) is 0 Å². The Morgan fingerprint density at radius 2 is 1.77 bits per heavy atom. The Morgan fingerprint density at radius 3 is 2.39 bits per heavy atom. The summed E-state index contributed by atoms with van der Waals surface area (Å²) >= 11 is 5.92. The molecular formula is C24H33ClN2O3S. The van der Waals surface area contributed by atoms with E-state index in [-0.39, 0.29) is 6.04 Å². The molecule has 1 fully saturated rings. The molecule has 0 saturated heterocycles. The number of hydrogen-bond acceptors (Lipinski definition) is 4. The molecular weight excluding hydrogens is 432 g/mol. The van der Waals surface area contributed by atoms with E-state index in [1.165, 1.54) is 16.7 Å². The van der Waals surface area contributed by atoms with E-state index < -0.39 is 10.0 Å². The monoisotopic (exact) mass is 464 g/mol. The molecule has 1 N–H and O–H groups in total. The first-order valence-corrected chi connectivity index (χ1v) is 12.7. The van der Waals surface area contributed by atoms with Crippen molar-refractivity contribution in [2.24, 2.45) is 0 Å². The van der Waals surface area contributed by atoms with E-state index in [4.69, 9.17) is 16.3 Å². The third-order valence-electron chi connectivity index (χ3n) is 6.31. The zero-order chi connectivity index (χ0) is 22.4. The number of methoxy groups -OCH3 is 1. The van der Waals surface area contributed by atoms with Crippen LogP contribution in [0.3, 0.4) is 0 Å². The fraction of sp³-hybridized carbons (Fsp3) is 0.500. The van der Waals surface area contributed by atoms with Crippen LogP contribution in [0.2, 0.25) is 5.02 Å². The predicted molar refractivity (Wildman–Crippen MR) is 126 cm³/mol. The molecule has 0 heterocycles. The SMILES string of the molecule is CNCc1cc(CCOC)ccc1[C@H]1CC[C@H](N(C)S(=O)(=O)c2ccc(Cl)cc2)CC1. The van der Waals surface area contributed by atoms with Gasteiger partial charge >= 0.3 is 0 Å². The van der Waals surface area contributed by atoms with Crippen molar-refractivity contribution in [1.82, 2.24) is 9.62 Å². The molecule has 0 bridgehead atoms. The van der Waals surface area contributed by atoms with Gasteiger partial charge in [-0.2, -0.15) is 4.31 Å². The van der Waals surface area contributed by atoms with Gasteiger partial charge in [-0.15, -0.1) is 0 Å². The Balaban J connectivity index is 1.69. The molecule has 1 aliphatic rings. The number of ether oxygens (including phenoxy) is 1. The van der Waals surface area contributed by atoms with E-state index >= 15 is 0 Å². The lowest BCUT2D eigenvalue weighted by Crippen LogP contribution is -2.39. The largest absolute Gasteiger partial charge is 0.384 e. The van der Waals surface area contributed by atoms with E-state index in [2.05, 4.69) is 23.5 Å². The molecule has 5 nitrogen and oxygen atoms in total. The van der Waals surface area contributed by atoms with Gasteiger partial charge in [0.15, 0.2) is 0 Å². The van der Waals surface area contributed by atoms with Gasteiger partial charge in [-0.25, -0.2) is 8.42 Å². The lowest BCUT2D eigenvalue weighted by atomic mass is 9.79. The normalized spacial score (nSPS) is 19.6. The summed E-state index contributed by atoms with van der Waals surface area (Å²) in [5.74, 6) is 0.461. The van der Waals surface area contributed by atoms with Gasteiger partial charge in [-0.05, 0) is 86.0 Å². The molecule has 0 spiro atoms. The topological polar surface area (TPSA) is 58.6 Å². The summed E-state index contributed by atoms with van der Waals surface area (Å²) in [7, 11) is 1.88. The molecule has 2 aromatic carbocycles. The summed E-state index contributed by atoms with van der Waals surface area (Å²) in [4.78, 5) is 0.296. The van der Waals surface area contributed by atoms with Crippen LogP contribution in [0, 0.1) is 0 Å². The first kappa shape index (κ1) is 24.2. The maximum Gasteiger partial charge on any atom is 0.243 e. The van der Waals surface area contributed by atoms with Gasteiger partial charge < -0.3 is 10.1 Å². The van der Waals surface area contributed by atoms with Crippen molar-refractivity contribution in [3.8, 4) is 0 Å². The molecule has 0 unspecified atom stereocenters. The predicted octanol–water partition coefficient (Wildman–Crippen LogP) is 4.60. The second kappa shape index (κ2) is 10.9. The summed E-state index contributed by atoms with van der Waals surface area (Å²) < 4.78 is 32.8. The Morgan fingerprint density at radius 1 is 1.10 bits per heavy atom.